The van der Waals surface area contributed by atoms with Crippen molar-refractivity contribution in [3.05, 3.63) is 95.0 Å². The lowest BCUT2D eigenvalue weighted by atomic mass is 9.99. The van der Waals surface area contributed by atoms with Crippen LogP contribution < -0.4 is 10.1 Å². The van der Waals surface area contributed by atoms with Crippen molar-refractivity contribution in [2.24, 2.45) is 0 Å². The second-order valence-electron chi connectivity index (χ2n) is 6.86. The third-order valence-corrected chi connectivity index (χ3v) is 5.20. The molecule has 2 aromatic carbocycles. The molecule has 0 aliphatic heterocycles. The summed E-state index contributed by atoms with van der Waals surface area (Å²) in [4.78, 5) is 17.1. The second-order valence-corrected chi connectivity index (χ2v) is 7.25. The standard InChI is InChI=1S/C23H21N5O2S/c1-30-19-9-7-18(8-10-19)22-26-27-23(31)28(22)15-20(29)25-21(16-5-3-2-4-6-16)17-11-13-24-14-12-17/h2-14,21H,15H2,1H3,(H,25,29)(H,27,31). The molecule has 4 rings (SSSR count). The zero-order valence-corrected chi connectivity index (χ0v) is 17.7. The number of hydrogen-bond acceptors (Lipinski definition) is 5. The minimum Gasteiger partial charge on any atom is -0.497 e. The Morgan fingerprint density at radius 3 is 2.42 bits per heavy atom. The lowest BCUT2D eigenvalue weighted by Gasteiger charge is -2.20. The van der Waals surface area contributed by atoms with Gasteiger partial charge in [0.15, 0.2) is 10.6 Å². The highest BCUT2D eigenvalue weighted by Crippen LogP contribution is 2.23. The molecule has 0 fully saturated rings. The van der Waals surface area contributed by atoms with Crippen molar-refractivity contribution in [2.45, 2.75) is 12.6 Å². The van der Waals surface area contributed by atoms with Gasteiger partial charge in [-0.2, -0.15) is 5.10 Å². The maximum atomic E-state index is 13.0. The van der Waals surface area contributed by atoms with Crippen LogP contribution in [0.5, 0.6) is 5.75 Å². The van der Waals surface area contributed by atoms with Crippen LogP contribution in [0.1, 0.15) is 17.2 Å². The van der Waals surface area contributed by atoms with Gasteiger partial charge < -0.3 is 10.1 Å². The van der Waals surface area contributed by atoms with Crippen LogP contribution in [-0.2, 0) is 11.3 Å². The van der Waals surface area contributed by atoms with Gasteiger partial charge in [-0.3, -0.25) is 19.4 Å². The van der Waals surface area contributed by atoms with Crippen LogP contribution in [0.2, 0.25) is 0 Å². The Kier molecular flexibility index (Phi) is 6.18. The number of methoxy groups -OCH3 is 1. The average molecular weight is 432 g/mol. The number of aromatic nitrogens is 4. The van der Waals surface area contributed by atoms with Gasteiger partial charge in [0, 0.05) is 18.0 Å². The normalized spacial score (nSPS) is 11.6. The number of amides is 1. The third kappa shape index (κ3) is 4.70. The van der Waals surface area contributed by atoms with Crippen LogP contribution in [0.4, 0.5) is 0 Å². The lowest BCUT2D eigenvalue weighted by molar-refractivity contribution is -0.122. The number of carbonyl (C=O) groups excluding carboxylic acids is 1. The van der Waals surface area contributed by atoms with Gasteiger partial charge in [0.05, 0.1) is 13.2 Å². The number of rotatable bonds is 7. The highest BCUT2D eigenvalue weighted by atomic mass is 32.1. The molecule has 4 aromatic rings. The fourth-order valence-corrected chi connectivity index (χ4v) is 3.53. The first-order valence-electron chi connectivity index (χ1n) is 9.69. The van der Waals surface area contributed by atoms with Crippen molar-refractivity contribution in [2.75, 3.05) is 7.11 Å². The minimum atomic E-state index is -0.304. The van der Waals surface area contributed by atoms with Crippen LogP contribution in [0.3, 0.4) is 0 Å². The Morgan fingerprint density at radius 2 is 1.74 bits per heavy atom. The fraction of sp³-hybridized carbons (Fsp3) is 0.130. The molecule has 0 aliphatic rings. The molecule has 8 heteroatoms. The maximum absolute atomic E-state index is 13.0. The molecule has 0 radical (unpaired) electrons. The molecular weight excluding hydrogens is 410 g/mol. The summed E-state index contributed by atoms with van der Waals surface area (Å²) in [7, 11) is 1.61. The van der Waals surface area contributed by atoms with Gasteiger partial charge in [0.1, 0.15) is 12.3 Å². The van der Waals surface area contributed by atoms with Crippen molar-refractivity contribution < 1.29 is 9.53 Å². The van der Waals surface area contributed by atoms with Crippen molar-refractivity contribution in [1.82, 2.24) is 25.1 Å². The summed E-state index contributed by atoms with van der Waals surface area (Å²) >= 11 is 5.37. The largest absolute Gasteiger partial charge is 0.497 e. The summed E-state index contributed by atoms with van der Waals surface area (Å²) in [5.74, 6) is 1.14. The highest BCUT2D eigenvalue weighted by molar-refractivity contribution is 7.71. The van der Waals surface area contributed by atoms with Crippen LogP contribution in [0.15, 0.2) is 79.1 Å². The van der Waals surface area contributed by atoms with Gasteiger partial charge in [-0.1, -0.05) is 30.3 Å². The van der Waals surface area contributed by atoms with Gasteiger partial charge in [-0.15, -0.1) is 0 Å². The molecule has 1 unspecified atom stereocenters. The molecule has 31 heavy (non-hydrogen) atoms. The first kappa shape index (κ1) is 20.5. The molecule has 0 spiro atoms. The molecule has 1 amide bonds. The van der Waals surface area contributed by atoms with Crippen molar-refractivity contribution in [3.63, 3.8) is 0 Å². The van der Waals surface area contributed by atoms with E-state index in [0.717, 1.165) is 22.4 Å². The van der Waals surface area contributed by atoms with Gasteiger partial charge in [-0.25, -0.2) is 0 Å². The molecule has 7 nitrogen and oxygen atoms in total. The average Bonchev–Trinajstić information content (AvgIpc) is 3.18. The molecule has 0 bridgehead atoms. The van der Waals surface area contributed by atoms with Gasteiger partial charge in [-0.05, 0) is 59.7 Å². The van der Waals surface area contributed by atoms with Crippen molar-refractivity contribution in [1.29, 1.82) is 0 Å². The Balaban J connectivity index is 1.59. The lowest BCUT2D eigenvalue weighted by Crippen LogP contribution is -2.32. The monoisotopic (exact) mass is 431 g/mol. The molecule has 0 saturated heterocycles. The number of ether oxygens (including phenoxy) is 1. The van der Waals surface area contributed by atoms with Crippen molar-refractivity contribution in [3.8, 4) is 17.1 Å². The van der Waals surface area contributed by atoms with Gasteiger partial charge >= 0.3 is 0 Å². The van der Waals surface area contributed by atoms with Crippen LogP contribution in [0, 0.1) is 4.77 Å². The molecule has 0 aliphatic carbocycles. The zero-order valence-electron chi connectivity index (χ0n) is 16.9. The minimum absolute atomic E-state index is 0.0329. The van der Waals surface area contributed by atoms with Gasteiger partial charge in [0.2, 0.25) is 5.91 Å². The molecule has 2 heterocycles. The number of nitrogens with zero attached hydrogens (tertiary/aromatic N) is 3. The Hall–Kier alpha value is -3.78. The van der Waals surface area contributed by atoms with E-state index >= 15 is 0 Å². The van der Waals surface area contributed by atoms with Crippen LogP contribution in [-0.4, -0.2) is 32.8 Å². The fourth-order valence-electron chi connectivity index (χ4n) is 3.34. The predicted molar refractivity (Wildman–Crippen MR) is 120 cm³/mol. The highest BCUT2D eigenvalue weighted by Gasteiger charge is 2.19. The van der Waals surface area contributed by atoms with Gasteiger partial charge in [0.25, 0.3) is 0 Å². The molecule has 156 valence electrons. The van der Waals surface area contributed by atoms with E-state index in [4.69, 9.17) is 17.0 Å². The summed E-state index contributed by atoms with van der Waals surface area (Å²) in [5, 5.41) is 10.2. The van der Waals surface area contributed by atoms with E-state index in [1.165, 1.54) is 0 Å². The van der Waals surface area contributed by atoms with E-state index < -0.39 is 0 Å². The number of pyridine rings is 1. The molecule has 2 N–H and O–H groups in total. The first-order chi connectivity index (χ1) is 15.2. The maximum Gasteiger partial charge on any atom is 0.240 e. The Bertz CT molecular complexity index is 1160. The number of hydrogen-bond donors (Lipinski definition) is 2. The van der Waals surface area contributed by atoms with Crippen LogP contribution in [0.25, 0.3) is 11.4 Å². The summed E-state index contributed by atoms with van der Waals surface area (Å²) in [6.07, 6.45) is 3.43. The van der Waals surface area contributed by atoms with Crippen molar-refractivity contribution >= 4 is 18.1 Å². The van der Waals surface area contributed by atoms with E-state index in [-0.39, 0.29) is 18.5 Å². The van der Waals surface area contributed by atoms with E-state index in [0.29, 0.717) is 10.6 Å². The molecule has 1 atom stereocenters. The van der Waals surface area contributed by atoms with E-state index in [9.17, 15) is 4.79 Å². The molecular formula is C23H21N5O2S. The zero-order chi connectivity index (χ0) is 21.6. The smallest absolute Gasteiger partial charge is 0.240 e. The molecule has 0 saturated carbocycles. The second kappa shape index (κ2) is 9.36. The topological polar surface area (TPSA) is 84.8 Å². The summed E-state index contributed by atoms with van der Waals surface area (Å²) in [6.45, 7) is 0.0329. The molecule has 2 aromatic heterocycles. The third-order valence-electron chi connectivity index (χ3n) is 4.89. The number of aromatic amines is 1. The number of benzene rings is 2. The number of H-pyrrole nitrogens is 1. The van der Waals surface area contributed by atoms with E-state index in [1.807, 2.05) is 66.7 Å². The van der Waals surface area contributed by atoms with E-state index in [2.05, 4.69) is 20.5 Å². The number of nitrogens with one attached hydrogen (secondary N) is 2. The Labute approximate surface area is 184 Å². The summed E-state index contributed by atoms with van der Waals surface area (Å²) in [6, 6.07) is 20.7. The number of carbonyl (C=O) groups is 1. The van der Waals surface area contributed by atoms with Crippen LogP contribution >= 0.6 is 12.2 Å². The summed E-state index contributed by atoms with van der Waals surface area (Å²) < 4.78 is 7.27. The predicted octanol–water partition coefficient (Wildman–Crippen LogP) is 3.92. The first-order valence-corrected chi connectivity index (χ1v) is 10.1. The Morgan fingerprint density at radius 1 is 1.06 bits per heavy atom. The quantitative estimate of drug-likeness (QED) is 0.433. The summed E-state index contributed by atoms with van der Waals surface area (Å²) in [5.41, 5.74) is 2.75. The SMILES string of the molecule is COc1ccc(-c2n[nH]c(=S)n2CC(=O)NC(c2ccccc2)c2ccncc2)cc1. The van der Waals surface area contributed by atoms with E-state index in [1.54, 1.807) is 24.1 Å².